The van der Waals surface area contributed by atoms with E-state index in [1.54, 1.807) is 0 Å². The fourth-order valence-electron chi connectivity index (χ4n) is 3.33. The van der Waals surface area contributed by atoms with E-state index in [-0.39, 0.29) is 11.9 Å². The summed E-state index contributed by atoms with van der Waals surface area (Å²) in [5, 5.41) is 3.43. The van der Waals surface area contributed by atoms with Crippen molar-refractivity contribution in [2.24, 2.45) is 11.7 Å². The van der Waals surface area contributed by atoms with Gasteiger partial charge in [0.2, 0.25) is 5.91 Å². The minimum Gasteiger partial charge on any atom is -0.368 e. The smallest absolute Gasteiger partial charge is 0.237 e. The Morgan fingerprint density at radius 2 is 2.05 bits per heavy atom. The van der Waals surface area contributed by atoms with Crippen molar-refractivity contribution >= 4 is 5.91 Å². The molecule has 2 atom stereocenters. The van der Waals surface area contributed by atoms with Crippen molar-refractivity contribution in [3.8, 4) is 0 Å². The maximum Gasteiger partial charge on any atom is 0.237 e. The van der Waals surface area contributed by atoms with Gasteiger partial charge in [0.05, 0.1) is 5.54 Å². The van der Waals surface area contributed by atoms with Crippen LogP contribution in [0.15, 0.2) is 0 Å². The van der Waals surface area contributed by atoms with Gasteiger partial charge in [0.1, 0.15) is 0 Å². The first-order valence-electron chi connectivity index (χ1n) is 7.54. The van der Waals surface area contributed by atoms with Crippen molar-refractivity contribution in [2.45, 2.75) is 71.0 Å². The molecule has 1 aliphatic carbocycles. The molecule has 112 valence electrons. The molecule has 0 heterocycles. The third-order valence-electron chi connectivity index (χ3n) is 4.04. The summed E-state index contributed by atoms with van der Waals surface area (Å²) in [6.07, 6.45) is 3.93. The van der Waals surface area contributed by atoms with Crippen LogP contribution in [-0.4, -0.2) is 42.0 Å². The summed E-state index contributed by atoms with van der Waals surface area (Å²) < 4.78 is 0. The Labute approximate surface area is 118 Å². The number of hydrogen-bond donors (Lipinski definition) is 2. The second-order valence-corrected chi connectivity index (χ2v) is 6.83. The van der Waals surface area contributed by atoms with Crippen LogP contribution in [0.3, 0.4) is 0 Å². The largest absolute Gasteiger partial charge is 0.368 e. The molecule has 1 aliphatic rings. The van der Waals surface area contributed by atoms with Crippen LogP contribution < -0.4 is 11.1 Å². The molecule has 2 unspecified atom stereocenters. The molecule has 0 radical (unpaired) electrons. The van der Waals surface area contributed by atoms with Gasteiger partial charge in [-0.3, -0.25) is 4.79 Å². The molecular formula is C15H31N3O. The van der Waals surface area contributed by atoms with E-state index in [0.29, 0.717) is 12.0 Å². The van der Waals surface area contributed by atoms with E-state index in [1.165, 1.54) is 0 Å². The fourth-order valence-corrected chi connectivity index (χ4v) is 3.33. The van der Waals surface area contributed by atoms with Crippen molar-refractivity contribution in [3.63, 3.8) is 0 Å². The Morgan fingerprint density at radius 1 is 1.42 bits per heavy atom. The van der Waals surface area contributed by atoms with Crippen molar-refractivity contribution in [1.82, 2.24) is 10.2 Å². The predicted molar refractivity (Wildman–Crippen MR) is 79.9 cm³/mol. The van der Waals surface area contributed by atoms with Gasteiger partial charge in [-0.1, -0.05) is 13.8 Å². The van der Waals surface area contributed by atoms with Crippen LogP contribution in [0.1, 0.15) is 53.4 Å². The number of amides is 1. The molecule has 0 aromatic rings. The number of primary amides is 1. The summed E-state index contributed by atoms with van der Waals surface area (Å²) >= 11 is 0. The molecule has 0 aliphatic heterocycles. The lowest BCUT2D eigenvalue weighted by atomic mass is 9.77. The van der Waals surface area contributed by atoms with E-state index in [1.807, 2.05) is 0 Å². The first-order valence-corrected chi connectivity index (χ1v) is 7.54. The van der Waals surface area contributed by atoms with Gasteiger partial charge in [0, 0.05) is 18.6 Å². The molecular weight excluding hydrogens is 238 g/mol. The summed E-state index contributed by atoms with van der Waals surface area (Å²) in [5.41, 5.74) is 5.18. The lowest BCUT2D eigenvalue weighted by Gasteiger charge is -2.43. The highest BCUT2D eigenvalue weighted by atomic mass is 16.1. The first kappa shape index (κ1) is 16.4. The summed E-state index contributed by atoms with van der Waals surface area (Å²) in [6.45, 7) is 9.68. The Kier molecular flexibility index (Phi) is 5.81. The van der Waals surface area contributed by atoms with Gasteiger partial charge in [-0.05, 0) is 52.5 Å². The van der Waals surface area contributed by atoms with Crippen LogP contribution in [0.2, 0.25) is 0 Å². The standard InChI is InChI=1S/C15H31N3O/c1-11(2)10-18(5)13-7-6-8-15(9-13,14(16)19)17-12(3)4/h11-13,17H,6-10H2,1-5H3,(H2,16,19). The molecule has 0 aromatic carbocycles. The number of rotatable bonds is 6. The second kappa shape index (κ2) is 6.71. The normalized spacial score (nSPS) is 28.3. The number of nitrogens with one attached hydrogen (secondary N) is 1. The molecule has 3 N–H and O–H groups in total. The molecule has 0 saturated heterocycles. The van der Waals surface area contributed by atoms with Gasteiger partial charge >= 0.3 is 0 Å². The fraction of sp³-hybridized carbons (Fsp3) is 0.933. The lowest BCUT2D eigenvalue weighted by molar-refractivity contribution is -0.127. The summed E-state index contributed by atoms with van der Waals surface area (Å²) in [4.78, 5) is 14.3. The highest BCUT2D eigenvalue weighted by Crippen LogP contribution is 2.31. The maximum absolute atomic E-state index is 11.9. The van der Waals surface area contributed by atoms with E-state index in [9.17, 15) is 4.79 Å². The minimum absolute atomic E-state index is 0.191. The number of nitrogens with zero attached hydrogens (tertiary/aromatic N) is 1. The van der Waals surface area contributed by atoms with Crippen LogP contribution in [0.4, 0.5) is 0 Å². The van der Waals surface area contributed by atoms with Gasteiger partial charge < -0.3 is 16.0 Å². The average molecular weight is 269 g/mol. The van der Waals surface area contributed by atoms with Crippen LogP contribution >= 0.6 is 0 Å². The maximum atomic E-state index is 11.9. The van der Waals surface area contributed by atoms with Crippen molar-refractivity contribution < 1.29 is 4.79 Å². The van der Waals surface area contributed by atoms with Crippen LogP contribution in [0.5, 0.6) is 0 Å². The summed E-state index contributed by atoms with van der Waals surface area (Å²) in [5.74, 6) is 0.455. The van der Waals surface area contributed by atoms with Crippen LogP contribution in [0, 0.1) is 5.92 Å². The minimum atomic E-state index is -0.512. The zero-order valence-electron chi connectivity index (χ0n) is 13.2. The van der Waals surface area contributed by atoms with E-state index < -0.39 is 5.54 Å². The predicted octanol–water partition coefficient (Wildman–Crippen LogP) is 1.74. The first-order chi connectivity index (χ1) is 8.77. The number of carbonyl (C=O) groups is 1. The van der Waals surface area contributed by atoms with Gasteiger partial charge in [-0.15, -0.1) is 0 Å². The topological polar surface area (TPSA) is 58.4 Å². The molecule has 0 bridgehead atoms. The summed E-state index contributed by atoms with van der Waals surface area (Å²) in [6, 6.07) is 0.733. The van der Waals surface area contributed by atoms with Gasteiger partial charge in [-0.25, -0.2) is 0 Å². The average Bonchev–Trinajstić information content (AvgIpc) is 2.27. The molecule has 1 amide bonds. The van der Waals surface area contributed by atoms with Gasteiger partial charge in [-0.2, -0.15) is 0 Å². The number of carbonyl (C=O) groups excluding carboxylic acids is 1. The molecule has 4 nitrogen and oxygen atoms in total. The molecule has 4 heteroatoms. The van der Waals surface area contributed by atoms with Crippen molar-refractivity contribution in [2.75, 3.05) is 13.6 Å². The molecule has 1 rings (SSSR count). The van der Waals surface area contributed by atoms with E-state index in [2.05, 4.69) is 45.0 Å². The van der Waals surface area contributed by atoms with E-state index >= 15 is 0 Å². The highest BCUT2D eigenvalue weighted by Gasteiger charge is 2.42. The monoisotopic (exact) mass is 269 g/mol. The van der Waals surface area contributed by atoms with Crippen LogP contribution in [-0.2, 0) is 4.79 Å². The third-order valence-corrected chi connectivity index (χ3v) is 4.04. The number of hydrogen-bond acceptors (Lipinski definition) is 3. The molecule has 0 spiro atoms. The van der Waals surface area contributed by atoms with E-state index in [0.717, 1.165) is 32.2 Å². The number of nitrogens with two attached hydrogens (primary N) is 1. The Hall–Kier alpha value is -0.610. The van der Waals surface area contributed by atoms with Crippen molar-refractivity contribution in [1.29, 1.82) is 0 Å². The zero-order valence-corrected chi connectivity index (χ0v) is 13.2. The Morgan fingerprint density at radius 3 is 2.53 bits per heavy atom. The third kappa shape index (κ3) is 4.46. The molecule has 1 fully saturated rings. The quantitative estimate of drug-likeness (QED) is 0.772. The molecule has 0 aromatic heterocycles. The lowest BCUT2D eigenvalue weighted by Crippen LogP contribution is -2.62. The van der Waals surface area contributed by atoms with Crippen molar-refractivity contribution in [3.05, 3.63) is 0 Å². The van der Waals surface area contributed by atoms with Gasteiger partial charge in [0.25, 0.3) is 0 Å². The highest BCUT2D eigenvalue weighted by molar-refractivity contribution is 5.85. The second-order valence-electron chi connectivity index (χ2n) is 6.83. The van der Waals surface area contributed by atoms with Gasteiger partial charge in [0.15, 0.2) is 0 Å². The van der Waals surface area contributed by atoms with Crippen LogP contribution in [0.25, 0.3) is 0 Å². The zero-order chi connectivity index (χ0) is 14.6. The Balaban J connectivity index is 2.76. The van der Waals surface area contributed by atoms with E-state index in [4.69, 9.17) is 5.73 Å². The molecule has 1 saturated carbocycles. The summed E-state index contributed by atoms with van der Waals surface area (Å²) in [7, 11) is 2.16. The molecule has 19 heavy (non-hydrogen) atoms. The Bertz CT molecular complexity index is 304. The SMILES string of the molecule is CC(C)CN(C)C1CCCC(NC(C)C)(C(N)=O)C1.